The minimum Gasteiger partial charge on any atom is -0.458 e. The van der Waals surface area contributed by atoms with E-state index in [1.54, 1.807) is 19.1 Å². The Balaban J connectivity index is 1.35. The maximum absolute atomic E-state index is 15.0. The number of Topliss-reactive ketones (excluding diaryl/α,β-unsaturated/α-hetero) is 1. The van der Waals surface area contributed by atoms with Crippen molar-refractivity contribution in [3.63, 3.8) is 0 Å². The monoisotopic (exact) mass is 693 g/mol. The Morgan fingerprint density at radius 1 is 0.980 bits per heavy atom. The van der Waals surface area contributed by atoms with Crippen LogP contribution in [0.4, 0.5) is 4.79 Å². The van der Waals surface area contributed by atoms with Gasteiger partial charge in [0.15, 0.2) is 17.5 Å². The molecule has 9 nitrogen and oxygen atoms in total. The fourth-order valence-corrected chi connectivity index (χ4v) is 9.76. The molecule has 1 aromatic carbocycles. The highest BCUT2D eigenvalue weighted by Gasteiger charge is 2.83. The first-order valence-electron chi connectivity index (χ1n) is 18.9. The molecular weight excluding hydrogens is 634 g/mol. The molecule has 2 bridgehead atoms. The Labute approximate surface area is 297 Å². The van der Waals surface area contributed by atoms with Crippen LogP contribution in [0.2, 0.25) is 0 Å². The first-order valence-corrected chi connectivity index (χ1v) is 18.9. The largest absolute Gasteiger partial charge is 0.458 e. The van der Waals surface area contributed by atoms with Crippen LogP contribution < -0.4 is 5.32 Å². The van der Waals surface area contributed by atoms with E-state index in [9.17, 15) is 29.7 Å². The molecule has 1 aromatic rings. The minimum atomic E-state index is -2.30. The van der Waals surface area contributed by atoms with Crippen molar-refractivity contribution in [1.82, 2.24) is 5.32 Å². The maximum Gasteiger partial charge on any atom is 0.408 e. The fraction of sp³-hybridized carbons (Fsp3) is 0.683. The summed E-state index contributed by atoms with van der Waals surface area (Å²) in [6, 6.07) is 7.66. The average Bonchev–Trinajstić information content (AvgIpc) is 3.47. The van der Waals surface area contributed by atoms with Gasteiger partial charge in [-0.2, -0.15) is 0 Å². The molecule has 2 saturated carbocycles. The molecular formula is C41H59NO8. The Bertz CT molecular complexity index is 1480. The molecule has 4 aliphatic rings. The number of nitrogens with one attached hydrogen (secondary N) is 1. The number of fused-ring (bicyclic) bond motifs is 3. The SMILES string of the molecule is CCCCCCCCCCCC(=O)O[C@@]12C[C@@H](C)[C@]34C=C(C)[C@H](OC(=O)NCc5ccc(C)cc5)[C@@]3(O)[C@H](O)C(CO)=C[C@H](C4=O)[C@@H]1C2(C)C. The summed E-state index contributed by atoms with van der Waals surface area (Å²) in [6.45, 7) is 11.3. The molecule has 9 heteroatoms. The lowest BCUT2D eigenvalue weighted by Gasteiger charge is -2.49. The minimum absolute atomic E-state index is 0.0798. The normalized spacial score (nSPS) is 33.6. The van der Waals surface area contributed by atoms with Crippen LogP contribution in [0.5, 0.6) is 0 Å². The highest BCUT2D eigenvalue weighted by molar-refractivity contribution is 5.96. The van der Waals surface area contributed by atoms with Gasteiger partial charge in [0.2, 0.25) is 0 Å². The van der Waals surface area contributed by atoms with Crippen LogP contribution >= 0.6 is 0 Å². The van der Waals surface area contributed by atoms with E-state index in [4.69, 9.17) is 9.47 Å². The van der Waals surface area contributed by atoms with Gasteiger partial charge >= 0.3 is 12.1 Å². The van der Waals surface area contributed by atoms with E-state index in [0.717, 1.165) is 30.4 Å². The molecule has 4 N–H and O–H groups in total. The van der Waals surface area contributed by atoms with E-state index >= 15 is 0 Å². The Morgan fingerprint density at radius 2 is 1.60 bits per heavy atom. The van der Waals surface area contributed by atoms with Crippen molar-refractivity contribution >= 4 is 17.8 Å². The van der Waals surface area contributed by atoms with Crippen LogP contribution in [0.25, 0.3) is 0 Å². The number of aliphatic hydroxyl groups excluding tert-OH is 2. The summed E-state index contributed by atoms with van der Waals surface area (Å²) < 4.78 is 12.3. The number of unbranched alkanes of at least 4 members (excludes halogenated alkanes) is 8. The molecule has 1 spiro atoms. The summed E-state index contributed by atoms with van der Waals surface area (Å²) in [4.78, 5) is 41.6. The van der Waals surface area contributed by atoms with Crippen molar-refractivity contribution < 1.29 is 39.2 Å². The van der Waals surface area contributed by atoms with Gasteiger partial charge in [-0.25, -0.2) is 4.79 Å². The van der Waals surface area contributed by atoms with E-state index < -0.39 is 64.7 Å². The average molecular weight is 694 g/mol. The van der Waals surface area contributed by atoms with Crippen LogP contribution in [0.3, 0.4) is 0 Å². The summed E-state index contributed by atoms with van der Waals surface area (Å²) in [5.74, 6) is -2.50. The summed E-state index contributed by atoms with van der Waals surface area (Å²) >= 11 is 0. The van der Waals surface area contributed by atoms with Crippen molar-refractivity contribution in [1.29, 1.82) is 0 Å². The lowest BCUT2D eigenvalue weighted by molar-refractivity contribution is -0.191. The van der Waals surface area contributed by atoms with Crippen molar-refractivity contribution in [3.05, 3.63) is 58.7 Å². The van der Waals surface area contributed by atoms with Gasteiger partial charge < -0.3 is 30.1 Å². The van der Waals surface area contributed by atoms with Crippen LogP contribution in [0.1, 0.15) is 116 Å². The van der Waals surface area contributed by atoms with Gasteiger partial charge in [0.05, 0.1) is 12.0 Å². The number of rotatable bonds is 15. The number of benzene rings is 1. The smallest absolute Gasteiger partial charge is 0.408 e. The third-order valence-corrected chi connectivity index (χ3v) is 12.6. The second-order valence-corrected chi connectivity index (χ2v) is 16.1. The van der Waals surface area contributed by atoms with Gasteiger partial charge in [0.1, 0.15) is 11.7 Å². The van der Waals surface area contributed by atoms with Gasteiger partial charge in [0, 0.05) is 30.2 Å². The van der Waals surface area contributed by atoms with Crippen LogP contribution in [0, 0.1) is 35.5 Å². The molecule has 0 heterocycles. The molecule has 0 aromatic heterocycles. The van der Waals surface area contributed by atoms with Crippen molar-refractivity contribution in [2.45, 2.75) is 142 Å². The Morgan fingerprint density at radius 3 is 2.22 bits per heavy atom. The second kappa shape index (κ2) is 14.9. The van der Waals surface area contributed by atoms with Crippen LogP contribution in [0.15, 0.2) is 47.6 Å². The number of ether oxygens (including phenoxy) is 2. The molecule has 4 aliphatic carbocycles. The summed E-state index contributed by atoms with van der Waals surface area (Å²) in [5, 5.41) is 37.9. The highest BCUT2D eigenvalue weighted by atomic mass is 16.6. The number of ketones is 1. The number of esters is 1. The van der Waals surface area contributed by atoms with Gasteiger partial charge in [-0.1, -0.05) is 121 Å². The summed E-state index contributed by atoms with van der Waals surface area (Å²) in [7, 11) is 0. The number of carbonyl (C=O) groups is 3. The molecule has 0 unspecified atom stereocenters. The lowest BCUT2D eigenvalue weighted by atomic mass is 9.59. The molecule has 276 valence electrons. The highest BCUT2D eigenvalue weighted by Crippen LogP contribution is 2.75. The molecule has 0 aliphatic heterocycles. The molecule has 5 rings (SSSR count). The molecule has 0 radical (unpaired) electrons. The number of hydrogen-bond acceptors (Lipinski definition) is 8. The number of aliphatic hydroxyl groups is 3. The predicted molar refractivity (Wildman–Crippen MR) is 191 cm³/mol. The van der Waals surface area contributed by atoms with Gasteiger partial charge in [-0.15, -0.1) is 0 Å². The number of amides is 1. The lowest BCUT2D eigenvalue weighted by Crippen LogP contribution is -2.66. The topological polar surface area (TPSA) is 142 Å². The number of carbonyl (C=O) groups excluding carboxylic acids is 3. The van der Waals surface area contributed by atoms with Crippen molar-refractivity contribution in [2.75, 3.05) is 6.61 Å². The maximum atomic E-state index is 15.0. The number of hydrogen-bond donors (Lipinski definition) is 4. The van der Waals surface area contributed by atoms with E-state index in [-0.39, 0.29) is 30.3 Å². The standard InChI is InChI=1S/C41H59NO8/c1-7-8-9-10-11-12-13-14-15-16-32(44)50-40-23-28(4)39-22-27(3)36(49-37(47)42-24-29-19-17-26(2)18-20-29)41(39,48)34(45)30(25-43)21-31(35(39)46)33(40)38(40,5)6/h17-22,28,31,33-34,36,43,45,48H,7-16,23-25H2,1-6H3,(H,42,47)/t28-,31+,33-,34-,36+,39+,40+,41+/m1/s1. The molecule has 8 atom stereocenters. The molecule has 2 fully saturated rings. The summed E-state index contributed by atoms with van der Waals surface area (Å²) in [6.07, 6.45) is 10.2. The first kappa shape index (κ1) is 38.2. The first-order chi connectivity index (χ1) is 23.7. The van der Waals surface area contributed by atoms with E-state index in [0.29, 0.717) is 12.0 Å². The van der Waals surface area contributed by atoms with Crippen LogP contribution in [-0.2, 0) is 25.6 Å². The zero-order chi connectivity index (χ0) is 36.5. The molecule has 50 heavy (non-hydrogen) atoms. The predicted octanol–water partition coefficient (Wildman–Crippen LogP) is 6.64. The van der Waals surface area contributed by atoms with E-state index in [1.165, 1.54) is 38.5 Å². The summed E-state index contributed by atoms with van der Waals surface area (Å²) in [5.41, 5.74) is -3.06. The fourth-order valence-electron chi connectivity index (χ4n) is 9.76. The second-order valence-electron chi connectivity index (χ2n) is 16.1. The van der Waals surface area contributed by atoms with Gasteiger partial charge in [0.25, 0.3) is 0 Å². The van der Waals surface area contributed by atoms with Crippen LogP contribution in [-0.4, -0.2) is 63.2 Å². The number of allylic oxidation sites excluding steroid dienone is 1. The third kappa shape index (κ3) is 6.47. The van der Waals surface area contributed by atoms with Crippen molar-refractivity contribution in [2.24, 2.45) is 28.6 Å². The van der Waals surface area contributed by atoms with Gasteiger partial charge in [-0.05, 0) is 49.3 Å². The molecule has 0 saturated heterocycles. The number of alkyl carbamates (subject to hydrolysis) is 1. The Kier molecular flexibility index (Phi) is 11.4. The molecule has 1 amide bonds. The zero-order valence-electron chi connectivity index (χ0n) is 30.9. The van der Waals surface area contributed by atoms with Crippen molar-refractivity contribution in [3.8, 4) is 0 Å². The third-order valence-electron chi connectivity index (χ3n) is 12.6. The number of aryl methyl sites for hydroxylation is 1. The van der Waals surface area contributed by atoms with Gasteiger partial charge in [-0.3, -0.25) is 9.59 Å². The quantitative estimate of drug-likeness (QED) is 0.0910. The zero-order valence-corrected chi connectivity index (χ0v) is 30.9. The van der Waals surface area contributed by atoms with E-state index in [1.807, 2.05) is 52.0 Å². The van der Waals surface area contributed by atoms with E-state index in [2.05, 4.69) is 12.2 Å². The Hall–Kier alpha value is -3.01.